The van der Waals surface area contributed by atoms with Crippen LogP contribution < -0.4 is 0 Å². The summed E-state index contributed by atoms with van der Waals surface area (Å²) in [6.07, 6.45) is 3.01. The summed E-state index contributed by atoms with van der Waals surface area (Å²) in [4.78, 5) is 33.7. The SMILES string of the molecule is Cc1nc(CN2C(=O)CC[C@@H]3[C@H]2CCN3C(=O)[C@@H]2CCOC2)cs1. The molecule has 0 bridgehead atoms. The van der Waals surface area contributed by atoms with Crippen molar-refractivity contribution in [3.63, 3.8) is 0 Å². The van der Waals surface area contributed by atoms with Crippen molar-refractivity contribution in [1.82, 2.24) is 14.8 Å². The van der Waals surface area contributed by atoms with Crippen LogP contribution in [-0.4, -0.2) is 58.4 Å². The molecule has 0 N–H and O–H groups in total. The zero-order valence-corrected chi connectivity index (χ0v) is 14.8. The van der Waals surface area contributed by atoms with E-state index in [1.807, 2.05) is 22.1 Å². The van der Waals surface area contributed by atoms with Gasteiger partial charge < -0.3 is 14.5 Å². The van der Waals surface area contributed by atoms with Crippen LogP contribution in [0, 0.1) is 12.8 Å². The van der Waals surface area contributed by atoms with Gasteiger partial charge in [0.15, 0.2) is 0 Å². The van der Waals surface area contributed by atoms with Crippen LogP contribution in [-0.2, 0) is 20.9 Å². The second-order valence-corrected chi connectivity index (χ2v) is 8.00. The van der Waals surface area contributed by atoms with Crippen LogP contribution >= 0.6 is 11.3 Å². The Morgan fingerprint density at radius 3 is 2.96 bits per heavy atom. The summed E-state index contributed by atoms with van der Waals surface area (Å²) in [6.45, 7) is 4.54. The molecule has 6 nitrogen and oxygen atoms in total. The highest BCUT2D eigenvalue weighted by molar-refractivity contribution is 7.09. The Hall–Kier alpha value is -1.47. The Morgan fingerprint density at radius 2 is 2.25 bits per heavy atom. The Labute approximate surface area is 145 Å². The minimum absolute atomic E-state index is 0.0102. The molecule has 0 aliphatic carbocycles. The van der Waals surface area contributed by atoms with Gasteiger partial charge in [0, 0.05) is 25.0 Å². The predicted molar refractivity (Wildman–Crippen MR) is 89.5 cm³/mol. The second kappa shape index (κ2) is 6.44. The average Bonchev–Trinajstić information content (AvgIpc) is 3.30. The van der Waals surface area contributed by atoms with Crippen molar-refractivity contribution >= 4 is 23.2 Å². The lowest BCUT2D eigenvalue weighted by Crippen LogP contribution is -2.53. The number of hydrogen-bond acceptors (Lipinski definition) is 5. The van der Waals surface area contributed by atoms with Gasteiger partial charge >= 0.3 is 0 Å². The van der Waals surface area contributed by atoms with Gasteiger partial charge in [-0.2, -0.15) is 0 Å². The maximum atomic E-state index is 12.8. The van der Waals surface area contributed by atoms with Crippen LogP contribution in [0.1, 0.15) is 36.4 Å². The van der Waals surface area contributed by atoms with E-state index in [9.17, 15) is 9.59 Å². The smallest absolute Gasteiger partial charge is 0.228 e. The van der Waals surface area contributed by atoms with E-state index in [0.717, 1.165) is 36.5 Å². The zero-order chi connectivity index (χ0) is 16.7. The van der Waals surface area contributed by atoms with Crippen LogP contribution in [0.25, 0.3) is 0 Å². The van der Waals surface area contributed by atoms with Crippen molar-refractivity contribution in [2.45, 2.75) is 51.2 Å². The van der Waals surface area contributed by atoms with Crippen molar-refractivity contribution in [3.05, 3.63) is 16.1 Å². The number of carbonyl (C=O) groups is 2. The van der Waals surface area contributed by atoms with E-state index in [0.29, 0.717) is 26.2 Å². The standard InChI is InChI=1S/C17H23N3O3S/c1-11-18-13(10-24-11)8-20-15-4-6-19(14(15)2-3-16(20)21)17(22)12-5-7-23-9-12/h10,12,14-15H,2-9H2,1H3/t12-,14-,15-/m1/s1. The van der Waals surface area contributed by atoms with Crippen molar-refractivity contribution in [1.29, 1.82) is 0 Å². The first-order chi connectivity index (χ1) is 11.6. The molecule has 0 radical (unpaired) electrons. The fourth-order valence-corrected chi connectivity index (χ4v) is 4.85. The topological polar surface area (TPSA) is 62.7 Å². The summed E-state index contributed by atoms with van der Waals surface area (Å²) in [7, 11) is 0. The van der Waals surface area contributed by atoms with E-state index < -0.39 is 0 Å². The third-order valence-electron chi connectivity index (χ3n) is 5.45. The van der Waals surface area contributed by atoms with Crippen LogP contribution in [0.2, 0.25) is 0 Å². The molecular weight excluding hydrogens is 326 g/mol. The van der Waals surface area contributed by atoms with E-state index in [4.69, 9.17) is 4.74 Å². The summed E-state index contributed by atoms with van der Waals surface area (Å²) < 4.78 is 5.37. The number of fused-ring (bicyclic) bond motifs is 1. The molecule has 3 aliphatic rings. The highest BCUT2D eigenvalue weighted by Gasteiger charge is 2.46. The van der Waals surface area contributed by atoms with Gasteiger partial charge in [0.2, 0.25) is 11.8 Å². The van der Waals surface area contributed by atoms with Crippen molar-refractivity contribution in [2.75, 3.05) is 19.8 Å². The Balaban J connectivity index is 1.49. The van der Waals surface area contributed by atoms with Crippen molar-refractivity contribution in [3.8, 4) is 0 Å². The summed E-state index contributed by atoms with van der Waals surface area (Å²) in [5.41, 5.74) is 0.959. The molecule has 3 aliphatic heterocycles. The molecule has 0 spiro atoms. The summed E-state index contributed by atoms with van der Waals surface area (Å²) in [5, 5.41) is 3.05. The Kier molecular flexibility index (Phi) is 4.30. The maximum absolute atomic E-state index is 12.8. The van der Waals surface area contributed by atoms with Gasteiger partial charge in [-0.25, -0.2) is 4.98 Å². The number of aryl methyl sites for hydroxylation is 1. The van der Waals surface area contributed by atoms with Gasteiger partial charge in [-0.3, -0.25) is 9.59 Å². The van der Waals surface area contributed by atoms with Gasteiger partial charge in [-0.15, -0.1) is 11.3 Å². The molecule has 3 saturated heterocycles. The van der Waals surface area contributed by atoms with Crippen LogP contribution in [0.15, 0.2) is 5.38 Å². The molecule has 3 fully saturated rings. The monoisotopic (exact) mass is 349 g/mol. The summed E-state index contributed by atoms with van der Waals surface area (Å²) in [5.74, 6) is 0.426. The lowest BCUT2D eigenvalue weighted by atomic mass is 9.95. The number of hydrogen-bond donors (Lipinski definition) is 0. The fourth-order valence-electron chi connectivity index (χ4n) is 4.25. The average molecular weight is 349 g/mol. The highest BCUT2D eigenvalue weighted by Crippen LogP contribution is 2.34. The first kappa shape index (κ1) is 16.0. The first-order valence-electron chi connectivity index (χ1n) is 8.72. The van der Waals surface area contributed by atoms with Gasteiger partial charge in [0.1, 0.15) is 0 Å². The van der Waals surface area contributed by atoms with E-state index in [-0.39, 0.29) is 29.8 Å². The van der Waals surface area contributed by atoms with Gasteiger partial charge in [0.05, 0.1) is 41.9 Å². The maximum Gasteiger partial charge on any atom is 0.228 e. The minimum atomic E-state index is 0.0102. The van der Waals surface area contributed by atoms with Gasteiger partial charge in [-0.05, 0) is 26.2 Å². The lowest BCUT2D eigenvalue weighted by molar-refractivity contribution is -0.144. The van der Waals surface area contributed by atoms with E-state index in [1.165, 1.54) is 0 Å². The number of amides is 2. The minimum Gasteiger partial charge on any atom is -0.381 e. The third-order valence-corrected chi connectivity index (χ3v) is 6.27. The van der Waals surface area contributed by atoms with Crippen molar-refractivity contribution in [2.24, 2.45) is 5.92 Å². The normalized spacial score (nSPS) is 30.0. The predicted octanol–water partition coefficient (Wildman–Crippen LogP) is 1.58. The molecule has 1 aromatic heterocycles. The first-order valence-corrected chi connectivity index (χ1v) is 9.60. The zero-order valence-electron chi connectivity index (χ0n) is 13.9. The van der Waals surface area contributed by atoms with Gasteiger partial charge in [0.25, 0.3) is 0 Å². The largest absolute Gasteiger partial charge is 0.381 e. The summed E-state index contributed by atoms with van der Waals surface area (Å²) >= 11 is 1.61. The molecule has 24 heavy (non-hydrogen) atoms. The number of likely N-dealkylation sites (tertiary alicyclic amines) is 2. The molecule has 2 amide bonds. The molecule has 0 unspecified atom stereocenters. The van der Waals surface area contributed by atoms with E-state index >= 15 is 0 Å². The molecule has 0 aromatic carbocycles. The quantitative estimate of drug-likeness (QED) is 0.831. The van der Waals surface area contributed by atoms with Gasteiger partial charge in [-0.1, -0.05) is 0 Å². The van der Waals surface area contributed by atoms with E-state index in [2.05, 4.69) is 4.98 Å². The van der Waals surface area contributed by atoms with Crippen LogP contribution in [0.5, 0.6) is 0 Å². The number of rotatable bonds is 3. The second-order valence-electron chi connectivity index (χ2n) is 6.93. The third kappa shape index (κ3) is 2.84. The molecule has 1 aromatic rings. The molecular formula is C17H23N3O3S. The summed E-state index contributed by atoms with van der Waals surface area (Å²) in [6, 6.07) is 0.301. The lowest BCUT2D eigenvalue weighted by Gasteiger charge is -2.40. The van der Waals surface area contributed by atoms with Crippen molar-refractivity contribution < 1.29 is 14.3 Å². The number of carbonyl (C=O) groups excluding carboxylic acids is 2. The molecule has 3 atom stereocenters. The number of aromatic nitrogens is 1. The number of nitrogens with zero attached hydrogens (tertiary/aromatic N) is 3. The van der Waals surface area contributed by atoms with Crippen LogP contribution in [0.3, 0.4) is 0 Å². The molecule has 130 valence electrons. The number of piperidine rings is 1. The molecule has 4 rings (SSSR count). The fraction of sp³-hybridized carbons (Fsp3) is 0.706. The van der Waals surface area contributed by atoms with Crippen LogP contribution in [0.4, 0.5) is 0 Å². The Morgan fingerprint density at radius 1 is 1.38 bits per heavy atom. The highest BCUT2D eigenvalue weighted by atomic mass is 32.1. The number of ether oxygens (including phenoxy) is 1. The molecule has 4 heterocycles. The molecule has 7 heteroatoms. The van der Waals surface area contributed by atoms with E-state index in [1.54, 1.807) is 11.3 Å². The molecule has 0 saturated carbocycles. The number of thiazole rings is 1. The Bertz CT molecular complexity index is 641.